The first kappa shape index (κ1) is 16.8. The van der Waals surface area contributed by atoms with Crippen molar-refractivity contribution in [3.05, 3.63) is 28.8 Å². The molecule has 7 heteroatoms. The Morgan fingerprint density at radius 1 is 1.33 bits per heavy atom. The maximum absolute atomic E-state index is 11.4. The summed E-state index contributed by atoms with van der Waals surface area (Å²) in [6, 6.07) is 3.05. The van der Waals surface area contributed by atoms with Crippen molar-refractivity contribution in [1.82, 2.24) is 0 Å². The summed E-state index contributed by atoms with van der Waals surface area (Å²) >= 11 is 6.08. The van der Waals surface area contributed by atoms with Crippen molar-refractivity contribution in [3.8, 4) is 11.5 Å². The predicted molar refractivity (Wildman–Crippen MR) is 76.8 cm³/mol. The summed E-state index contributed by atoms with van der Waals surface area (Å²) in [6.45, 7) is 1.51. The Hall–Kier alpha value is -2.21. The fourth-order valence-electron chi connectivity index (χ4n) is 1.51. The smallest absolute Gasteiger partial charge is 0.346 e. The van der Waals surface area contributed by atoms with E-state index in [0.717, 1.165) is 6.08 Å². The van der Waals surface area contributed by atoms with E-state index in [1.165, 1.54) is 33.3 Å². The third-order valence-electron chi connectivity index (χ3n) is 2.50. The normalized spacial score (nSPS) is 12.0. The van der Waals surface area contributed by atoms with Gasteiger partial charge in [0, 0.05) is 6.08 Å². The monoisotopic (exact) mass is 314 g/mol. The molecule has 1 N–H and O–H groups in total. The van der Waals surface area contributed by atoms with Gasteiger partial charge < -0.3 is 19.3 Å². The molecule has 0 heterocycles. The van der Waals surface area contributed by atoms with Gasteiger partial charge in [-0.2, -0.15) is 0 Å². The van der Waals surface area contributed by atoms with Crippen LogP contribution >= 0.6 is 11.6 Å². The number of rotatable bonds is 6. The maximum Gasteiger partial charge on any atom is 0.346 e. The van der Waals surface area contributed by atoms with Crippen LogP contribution in [-0.2, 0) is 14.3 Å². The summed E-state index contributed by atoms with van der Waals surface area (Å²) in [5, 5.41) is 8.80. The first-order chi connectivity index (χ1) is 9.88. The zero-order valence-corrected chi connectivity index (χ0v) is 12.5. The Morgan fingerprint density at radius 3 is 2.52 bits per heavy atom. The zero-order chi connectivity index (χ0) is 16.0. The molecule has 0 aromatic heterocycles. The molecule has 1 aromatic rings. The van der Waals surface area contributed by atoms with Gasteiger partial charge in [-0.3, -0.25) is 0 Å². The molecule has 0 amide bonds. The molecule has 1 atom stereocenters. The molecule has 1 aromatic carbocycles. The lowest BCUT2D eigenvalue weighted by atomic mass is 10.2. The number of aliphatic carboxylic acids is 1. The summed E-state index contributed by atoms with van der Waals surface area (Å²) in [5.41, 5.74) is 0.525. The summed E-state index contributed by atoms with van der Waals surface area (Å²) in [5.74, 6) is -1.17. The molecule has 0 spiro atoms. The van der Waals surface area contributed by atoms with Gasteiger partial charge in [-0.1, -0.05) is 11.6 Å². The van der Waals surface area contributed by atoms with Crippen molar-refractivity contribution in [1.29, 1.82) is 0 Å². The summed E-state index contributed by atoms with van der Waals surface area (Å²) in [4.78, 5) is 21.9. The Labute approximate surface area is 126 Å². The van der Waals surface area contributed by atoms with Crippen LogP contribution < -0.4 is 9.47 Å². The fraction of sp³-hybridized carbons (Fsp3) is 0.286. The molecule has 0 fully saturated rings. The van der Waals surface area contributed by atoms with Gasteiger partial charge >= 0.3 is 11.9 Å². The lowest BCUT2D eigenvalue weighted by Crippen LogP contribution is -2.25. The largest absolute Gasteiger partial charge is 0.493 e. The van der Waals surface area contributed by atoms with Gasteiger partial charge in [-0.05, 0) is 30.7 Å². The van der Waals surface area contributed by atoms with Crippen molar-refractivity contribution in [2.45, 2.75) is 13.0 Å². The molecule has 1 rings (SSSR count). The Kier molecular flexibility index (Phi) is 6.05. The number of carboxylic acid groups (broad SMARTS) is 1. The molecule has 0 saturated carbocycles. The van der Waals surface area contributed by atoms with E-state index in [9.17, 15) is 9.59 Å². The van der Waals surface area contributed by atoms with Crippen LogP contribution in [0.3, 0.4) is 0 Å². The van der Waals surface area contributed by atoms with E-state index in [4.69, 9.17) is 26.2 Å². The fourth-order valence-corrected chi connectivity index (χ4v) is 1.77. The topological polar surface area (TPSA) is 82.1 Å². The predicted octanol–water partition coefficient (Wildman–Crippen LogP) is 2.39. The quantitative estimate of drug-likeness (QED) is 0.641. The summed E-state index contributed by atoms with van der Waals surface area (Å²) in [7, 11) is 2.66. The van der Waals surface area contributed by atoms with E-state index in [1.807, 2.05) is 0 Å². The van der Waals surface area contributed by atoms with Crippen molar-refractivity contribution >= 4 is 29.6 Å². The van der Waals surface area contributed by atoms with E-state index < -0.39 is 18.0 Å². The highest BCUT2D eigenvalue weighted by atomic mass is 35.5. The highest BCUT2D eigenvalue weighted by Crippen LogP contribution is 2.37. The molecule has 0 aliphatic heterocycles. The van der Waals surface area contributed by atoms with Gasteiger partial charge in [0.15, 0.2) is 17.6 Å². The second-order valence-electron chi connectivity index (χ2n) is 3.99. The maximum atomic E-state index is 11.4. The Balaban J connectivity index is 3.10. The Bertz CT molecular complexity index is 567. The minimum absolute atomic E-state index is 0.185. The molecule has 0 radical (unpaired) electrons. The third-order valence-corrected chi connectivity index (χ3v) is 2.78. The van der Waals surface area contributed by atoms with Crippen LogP contribution in [-0.4, -0.2) is 37.4 Å². The molecule has 1 unspecified atom stereocenters. The van der Waals surface area contributed by atoms with Crippen LogP contribution in [0.2, 0.25) is 5.02 Å². The number of esters is 1. The van der Waals surface area contributed by atoms with Gasteiger partial charge in [-0.15, -0.1) is 0 Å². The molecule has 0 bridgehead atoms. The van der Waals surface area contributed by atoms with Crippen molar-refractivity contribution in [2.75, 3.05) is 14.2 Å². The number of ether oxygens (including phenoxy) is 3. The minimum Gasteiger partial charge on any atom is -0.493 e. The highest BCUT2D eigenvalue weighted by Gasteiger charge is 2.20. The second-order valence-corrected chi connectivity index (χ2v) is 4.40. The van der Waals surface area contributed by atoms with Gasteiger partial charge in [-0.25, -0.2) is 9.59 Å². The SMILES string of the molecule is COC(=O)C(C)Oc1c(Cl)cc(C=CC(=O)O)cc1OC. The molecule has 0 aliphatic rings. The molecule has 6 nitrogen and oxygen atoms in total. The van der Waals surface area contributed by atoms with Crippen LogP contribution in [0.4, 0.5) is 0 Å². The number of carbonyl (C=O) groups is 2. The standard InChI is InChI=1S/C14H15ClO6/c1-8(14(18)20-3)21-13-10(15)6-9(4-5-12(16)17)7-11(13)19-2/h4-8H,1-3H3,(H,16,17). The number of hydrogen-bond acceptors (Lipinski definition) is 5. The van der Waals surface area contributed by atoms with Crippen LogP contribution in [0, 0.1) is 0 Å². The zero-order valence-electron chi connectivity index (χ0n) is 11.8. The van der Waals surface area contributed by atoms with Crippen LogP contribution in [0.15, 0.2) is 18.2 Å². The van der Waals surface area contributed by atoms with Crippen molar-refractivity contribution < 1.29 is 28.9 Å². The van der Waals surface area contributed by atoms with Crippen molar-refractivity contribution in [2.24, 2.45) is 0 Å². The van der Waals surface area contributed by atoms with E-state index in [-0.39, 0.29) is 16.5 Å². The molecule has 0 saturated heterocycles. The van der Waals surface area contributed by atoms with Crippen molar-refractivity contribution in [3.63, 3.8) is 0 Å². The number of carboxylic acids is 1. The van der Waals surface area contributed by atoms with Crippen LogP contribution in [0.1, 0.15) is 12.5 Å². The first-order valence-corrected chi connectivity index (χ1v) is 6.29. The third kappa shape index (κ3) is 4.68. The number of carbonyl (C=O) groups excluding carboxylic acids is 1. The Morgan fingerprint density at radius 2 is 2.00 bits per heavy atom. The van der Waals surface area contributed by atoms with E-state index in [2.05, 4.69) is 4.74 Å². The number of benzene rings is 1. The van der Waals surface area contributed by atoms with Gasteiger partial charge in [0.25, 0.3) is 0 Å². The lowest BCUT2D eigenvalue weighted by molar-refractivity contribution is -0.148. The minimum atomic E-state index is -1.08. The average molecular weight is 315 g/mol. The first-order valence-electron chi connectivity index (χ1n) is 5.92. The molecule has 0 aliphatic carbocycles. The van der Waals surface area contributed by atoms with Crippen LogP contribution in [0.5, 0.6) is 11.5 Å². The molecular formula is C14H15ClO6. The lowest BCUT2D eigenvalue weighted by Gasteiger charge is -2.16. The van der Waals surface area contributed by atoms with Crippen LogP contribution in [0.25, 0.3) is 6.08 Å². The summed E-state index contributed by atoms with van der Waals surface area (Å²) in [6.07, 6.45) is 1.48. The van der Waals surface area contributed by atoms with Gasteiger partial charge in [0.2, 0.25) is 0 Å². The van der Waals surface area contributed by atoms with E-state index in [1.54, 1.807) is 6.07 Å². The number of methoxy groups -OCH3 is 2. The summed E-state index contributed by atoms with van der Waals surface area (Å²) < 4.78 is 15.1. The average Bonchev–Trinajstić information content (AvgIpc) is 2.46. The number of halogens is 1. The number of hydrogen-bond donors (Lipinski definition) is 1. The van der Waals surface area contributed by atoms with E-state index >= 15 is 0 Å². The van der Waals surface area contributed by atoms with Gasteiger partial charge in [0.05, 0.1) is 19.2 Å². The second kappa shape index (κ2) is 7.54. The van der Waals surface area contributed by atoms with Gasteiger partial charge in [0.1, 0.15) is 0 Å². The molecule has 114 valence electrons. The molecular weight excluding hydrogens is 300 g/mol. The molecule has 21 heavy (non-hydrogen) atoms. The highest BCUT2D eigenvalue weighted by molar-refractivity contribution is 6.32. The van der Waals surface area contributed by atoms with E-state index in [0.29, 0.717) is 5.56 Å².